The number of benzene rings is 1. The Labute approximate surface area is 111 Å². The lowest BCUT2D eigenvalue weighted by Crippen LogP contribution is -2.39. The van der Waals surface area contributed by atoms with E-state index in [1.165, 1.54) is 0 Å². The lowest BCUT2D eigenvalue weighted by molar-refractivity contribution is -0.145. The molecule has 0 aliphatic heterocycles. The molecule has 0 atom stereocenters. The summed E-state index contributed by atoms with van der Waals surface area (Å²) in [4.78, 5) is 12.3. The first-order chi connectivity index (χ1) is 9.23. The normalized spacial score (nSPS) is 11.9. The van der Waals surface area contributed by atoms with Crippen LogP contribution < -0.4 is 0 Å². The van der Waals surface area contributed by atoms with Crippen LogP contribution in [-0.2, 0) is 0 Å². The Hall–Kier alpha value is -1.54. The average molecular weight is 297 g/mol. The maximum Gasteiger partial charge on any atom is 0.401 e. The number of carbonyl (C=O) groups excluding carboxylic acids is 1. The Morgan fingerprint density at radius 1 is 1.25 bits per heavy atom. The highest BCUT2D eigenvalue weighted by Crippen LogP contribution is 2.17. The zero-order chi connectivity index (χ0) is 15.3. The highest BCUT2D eigenvalue weighted by molar-refractivity contribution is 5.97. The Morgan fingerprint density at radius 2 is 1.90 bits per heavy atom. The molecule has 0 aromatic heterocycles. The number of hydrogen-bond donors (Lipinski definition) is 1. The van der Waals surface area contributed by atoms with Gasteiger partial charge in [-0.1, -0.05) is 0 Å². The van der Waals surface area contributed by atoms with Crippen molar-refractivity contribution in [1.82, 2.24) is 4.90 Å². The molecule has 112 valence electrons. The molecule has 1 aromatic carbocycles. The Morgan fingerprint density at radius 3 is 2.40 bits per heavy atom. The van der Waals surface area contributed by atoms with Gasteiger partial charge >= 0.3 is 6.18 Å². The van der Waals surface area contributed by atoms with E-state index in [2.05, 4.69) is 0 Å². The number of alkyl halides is 3. The van der Waals surface area contributed by atoms with Gasteiger partial charge in [0.2, 0.25) is 0 Å². The van der Waals surface area contributed by atoms with Gasteiger partial charge in [0.05, 0.1) is 25.3 Å². The third kappa shape index (κ3) is 5.22. The predicted molar refractivity (Wildman–Crippen MR) is 60.3 cm³/mol. The fourth-order valence-electron chi connectivity index (χ4n) is 1.61. The smallest absolute Gasteiger partial charge is 0.395 e. The van der Waals surface area contributed by atoms with Crippen LogP contribution in [0.1, 0.15) is 10.4 Å². The number of carbonyl (C=O) groups is 1. The van der Waals surface area contributed by atoms with E-state index in [1.54, 1.807) is 0 Å². The van der Waals surface area contributed by atoms with Gasteiger partial charge in [-0.3, -0.25) is 9.69 Å². The van der Waals surface area contributed by atoms with Gasteiger partial charge in [0, 0.05) is 12.6 Å². The van der Waals surface area contributed by atoms with E-state index in [4.69, 9.17) is 5.11 Å². The molecule has 0 aliphatic carbocycles. The van der Waals surface area contributed by atoms with Gasteiger partial charge in [0.25, 0.3) is 0 Å². The van der Waals surface area contributed by atoms with Gasteiger partial charge in [-0.15, -0.1) is 0 Å². The summed E-state index contributed by atoms with van der Waals surface area (Å²) in [5, 5.41) is 8.66. The van der Waals surface area contributed by atoms with Gasteiger partial charge in [-0.25, -0.2) is 8.78 Å². The number of ketones is 1. The highest BCUT2D eigenvalue weighted by Gasteiger charge is 2.31. The molecule has 0 unspecified atom stereocenters. The molecule has 0 saturated heterocycles. The van der Waals surface area contributed by atoms with E-state index in [-0.39, 0.29) is 6.54 Å². The predicted octanol–water partition coefficient (Wildman–Crippen LogP) is 2.00. The molecule has 0 fully saturated rings. The van der Waals surface area contributed by atoms with E-state index in [1.807, 2.05) is 0 Å². The quantitative estimate of drug-likeness (QED) is 0.645. The summed E-state index contributed by atoms with van der Waals surface area (Å²) < 4.78 is 62.8. The molecule has 20 heavy (non-hydrogen) atoms. The first-order valence-corrected chi connectivity index (χ1v) is 5.61. The maximum atomic E-state index is 13.3. The van der Waals surface area contributed by atoms with Crippen molar-refractivity contribution in [3.8, 4) is 0 Å². The molecule has 0 heterocycles. The monoisotopic (exact) mass is 297 g/mol. The van der Waals surface area contributed by atoms with Crippen LogP contribution in [0.3, 0.4) is 0 Å². The third-order valence-corrected chi connectivity index (χ3v) is 2.42. The molecule has 0 spiro atoms. The fourth-order valence-corrected chi connectivity index (χ4v) is 1.61. The summed E-state index contributed by atoms with van der Waals surface area (Å²) in [7, 11) is 0. The summed E-state index contributed by atoms with van der Waals surface area (Å²) in [6.45, 7) is -3.08. The van der Waals surface area contributed by atoms with Crippen LogP contribution in [0.4, 0.5) is 22.0 Å². The van der Waals surface area contributed by atoms with Crippen molar-refractivity contribution in [3.05, 3.63) is 35.4 Å². The minimum Gasteiger partial charge on any atom is -0.395 e. The number of aliphatic hydroxyl groups excluding tert-OH is 1. The largest absolute Gasteiger partial charge is 0.401 e. The van der Waals surface area contributed by atoms with E-state index < -0.39 is 48.9 Å². The van der Waals surface area contributed by atoms with Crippen molar-refractivity contribution < 1.29 is 31.9 Å². The van der Waals surface area contributed by atoms with E-state index in [9.17, 15) is 26.7 Å². The molecule has 0 bridgehead atoms. The topological polar surface area (TPSA) is 40.5 Å². The molecular weight excluding hydrogens is 285 g/mol. The second kappa shape index (κ2) is 6.76. The van der Waals surface area contributed by atoms with Crippen LogP contribution >= 0.6 is 0 Å². The summed E-state index contributed by atoms with van der Waals surface area (Å²) in [6.07, 6.45) is -4.54. The maximum absolute atomic E-state index is 13.3. The van der Waals surface area contributed by atoms with Crippen LogP contribution in [0.5, 0.6) is 0 Å². The van der Waals surface area contributed by atoms with E-state index in [0.29, 0.717) is 11.0 Å². The average Bonchev–Trinajstić information content (AvgIpc) is 2.26. The molecule has 8 heteroatoms. The number of rotatable bonds is 6. The highest BCUT2D eigenvalue weighted by atomic mass is 19.4. The van der Waals surface area contributed by atoms with Crippen LogP contribution in [0, 0.1) is 11.6 Å². The number of Topliss-reactive ketones (excluding diaryl/α,β-unsaturated/α-hetero) is 1. The van der Waals surface area contributed by atoms with Gasteiger partial charge in [0.15, 0.2) is 5.78 Å². The molecule has 0 saturated carbocycles. The van der Waals surface area contributed by atoms with Gasteiger partial charge in [-0.2, -0.15) is 13.2 Å². The molecule has 1 rings (SSSR count). The second-order valence-corrected chi connectivity index (χ2v) is 4.10. The Kier molecular flexibility index (Phi) is 5.58. The van der Waals surface area contributed by atoms with Gasteiger partial charge in [-0.05, 0) is 12.1 Å². The molecule has 0 aliphatic rings. The summed E-state index contributed by atoms with van der Waals surface area (Å²) >= 11 is 0. The molecular formula is C12H12F5NO2. The number of hydrogen-bond acceptors (Lipinski definition) is 3. The Balaban J connectivity index is 2.79. The van der Waals surface area contributed by atoms with Crippen molar-refractivity contribution >= 4 is 5.78 Å². The second-order valence-electron chi connectivity index (χ2n) is 4.10. The zero-order valence-corrected chi connectivity index (χ0v) is 10.3. The van der Waals surface area contributed by atoms with Crippen LogP contribution in [0.2, 0.25) is 0 Å². The molecule has 1 N–H and O–H groups in total. The minimum absolute atomic E-state index is 0.381. The van der Waals surface area contributed by atoms with Crippen molar-refractivity contribution in [2.45, 2.75) is 6.18 Å². The van der Waals surface area contributed by atoms with Gasteiger partial charge < -0.3 is 5.11 Å². The third-order valence-electron chi connectivity index (χ3n) is 2.42. The van der Waals surface area contributed by atoms with Gasteiger partial charge in [0.1, 0.15) is 11.6 Å². The number of nitrogens with zero attached hydrogens (tertiary/aromatic N) is 1. The molecule has 0 amide bonds. The number of aliphatic hydroxyl groups is 1. The van der Waals surface area contributed by atoms with Crippen molar-refractivity contribution in [2.24, 2.45) is 0 Å². The lowest BCUT2D eigenvalue weighted by atomic mass is 10.1. The standard InChI is InChI=1S/C12H12F5NO2/c13-8-1-2-9(10(14)5-8)11(20)6-18(3-4-19)7-12(15,16)17/h1-2,5,19H,3-4,6-7H2. The van der Waals surface area contributed by atoms with Crippen molar-refractivity contribution in [3.63, 3.8) is 0 Å². The summed E-state index contributed by atoms with van der Waals surface area (Å²) in [5.74, 6) is -2.94. The van der Waals surface area contributed by atoms with Crippen LogP contribution in [0.15, 0.2) is 18.2 Å². The summed E-state index contributed by atoms with van der Waals surface area (Å²) in [6, 6.07) is 2.20. The first kappa shape index (κ1) is 16.5. The summed E-state index contributed by atoms with van der Waals surface area (Å²) in [5.41, 5.74) is -0.489. The van der Waals surface area contributed by atoms with Crippen molar-refractivity contribution in [1.29, 1.82) is 0 Å². The molecule has 0 radical (unpaired) electrons. The number of halogens is 5. The molecule has 3 nitrogen and oxygen atoms in total. The Bertz CT molecular complexity index is 475. The minimum atomic E-state index is -4.54. The van der Waals surface area contributed by atoms with E-state index in [0.717, 1.165) is 12.1 Å². The van der Waals surface area contributed by atoms with E-state index >= 15 is 0 Å². The zero-order valence-electron chi connectivity index (χ0n) is 10.3. The van der Waals surface area contributed by atoms with Crippen LogP contribution in [-0.4, -0.2) is 48.2 Å². The first-order valence-electron chi connectivity index (χ1n) is 5.61. The fraction of sp³-hybridized carbons (Fsp3) is 0.417. The molecule has 1 aromatic rings. The lowest BCUT2D eigenvalue weighted by Gasteiger charge is -2.21. The van der Waals surface area contributed by atoms with Crippen molar-refractivity contribution in [2.75, 3.05) is 26.2 Å². The SMILES string of the molecule is O=C(CN(CCO)CC(F)(F)F)c1ccc(F)cc1F. The van der Waals surface area contributed by atoms with Crippen LogP contribution in [0.25, 0.3) is 0 Å².